The Balaban J connectivity index is 2.36. The number of aryl methyl sites for hydroxylation is 1. The van der Waals surface area contributed by atoms with Crippen LogP contribution in [-0.4, -0.2) is 19.9 Å². The molecular formula is C14H12BrNO3S. The van der Waals surface area contributed by atoms with E-state index < -0.39 is 10.0 Å². The number of benzene rings is 1. The third-order valence-corrected chi connectivity index (χ3v) is 4.71. The van der Waals surface area contributed by atoms with Crippen molar-refractivity contribution in [3.63, 3.8) is 0 Å². The number of hydrogen-bond donors (Lipinski definition) is 0. The van der Waals surface area contributed by atoms with Gasteiger partial charge in [0, 0.05) is 0 Å². The van der Waals surface area contributed by atoms with E-state index in [0.717, 1.165) is 12.0 Å². The molecule has 0 aromatic heterocycles. The second-order valence-electron chi connectivity index (χ2n) is 4.18. The predicted octanol–water partition coefficient (Wildman–Crippen LogP) is 2.80. The van der Waals surface area contributed by atoms with E-state index in [1.807, 2.05) is 6.92 Å². The SMILES string of the molecule is CCc1ccc(S(=O)(=O)N=C2C=CC(=O)C(Br)=C2)cc1. The van der Waals surface area contributed by atoms with Gasteiger partial charge in [-0.15, -0.1) is 0 Å². The van der Waals surface area contributed by atoms with Crippen LogP contribution < -0.4 is 0 Å². The number of hydrogen-bond acceptors (Lipinski definition) is 3. The standard InChI is InChI=1S/C14H12BrNO3S/c1-2-10-3-6-12(7-4-10)20(18,19)16-11-5-8-14(17)13(15)9-11/h3-9H,2H2,1H3. The van der Waals surface area contributed by atoms with Crippen molar-refractivity contribution in [2.75, 3.05) is 0 Å². The van der Waals surface area contributed by atoms with Gasteiger partial charge in [-0.05, 0) is 58.3 Å². The Morgan fingerprint density at radius 3 is 2.35 bits per heavy atom. The van der Waals surface area contributed by atoms with Gasteiger partial charge in [-0.3, -0.25) is 4.79 Å². The molecule has 1 aromatic rings. The lowest BCUT2D eigenvalue weighted by Crippen LogP contribution is -2.07. The lowest BCUT2D eigenvalue weighted by molar-refractivity contribution is -0.110. The van der Waals surface area contributed by atoms with Crippen molar-refractivity contribution < 1.29 is 13.2 Å². The summed E-state index contributed by atoms with van der Waals surface area (Å²) in [5.41, 5.74) is 1.28. The Kier molecular flexibility index (Phi) is 4.35. The minimum Gasteiger partial charge on any atom is -0.289 e. The summed E-state index contributed by atoms with van der Waals surface area (Å²) in [6.45, 7) is 2.00. The Morgan fingerprint density at radius 1 is 1.15 bits per heavy atom. The smallest absolute Gasteiger partial charge is 0.282 e. The largest absolute Gasteiger partial charge is 0.289 e. The van der Waals surface area contributed by atoms with Crippen molar-refractivity contribution in [3.05, 3.63) is 52.5 Å². The lowest BCUT2D eigenvalue weighted by Gasteiger charge is -2.04. The highest BCUT2D eigenvalue weighted by molar-refractivity contribution is 9.12. The van der Waals surface area contributed by atoms with Gasteiger partial charge in [-0.25, -0.2) is 0 Å². The molecule has 0 bridgehead atoms. The first-order valence-electron chi connectivity index (χ1n) is 5.96. The van der Waals surface area contributed by atoms with Gasteiger partial charge >= 0.3 is 0 Å². The van der Waals surface area contributed by atoms with Crippen molar-refractivity contribution in [1.82, 2.24) is 0 Å². The van der Waals surface area contributed by atoms with Crippen LogP contribution >= 0.6 is 15.9 Å². The second kappa shape index (κ2) is 5.85. The van der Waals surface area contributed by atoms with Crippen LogP contribution in [0.4, 0.5) is 0 Å². The number of allylic oxidation sites excluding steroid dienone is 4. The number of halogens is 1. The summed E-state index contributed by atoms with van der Waals surface area (Å²) in [6.07, 6.45) is 4.89. The van der Waals surface area contributed by atoms with Crippen LogP contribution in [0, 0.1) is 0 Å². The molecule has 1 aliphatic rings. The first-order valence-corrected chi connectivity index (χ1v) is 8.19. The van der Waals surface area contributed by atoms with Crippen LogP contribution in [0.2, 0.25) is 0 Å². The summed E-state index contributed by atoms with van der Waals surface area (Å²) in [4.78, 5) is 11.4. The number of rotatable bonds is 3. The van der Waals surface area contributed by atoms with Crippen molar-refractivity contribution in [1.29, 1.82) is 0 Å². The van der Waals surface area contributed by atoms with Gasteiger partial charge in [0.2, 0.25) is 0 Å². The van der Waals surface area contributed by atoms with E-state index >= 15 is 0 Å². The average molecular weight is 354 g/mol. The zero-order valence-corrected chi connectivity index (χ0v) is 13.1. The van der Waals surface area contributed by atoms with Gasteiger partial charge < -0.3 is 0 Å². The Morgan fingerprint density at radius 2 is 1.80 bits per heavy atom. The average Bonchev–Trinajstić information content (AvgIpc) is 2.43. The molecule has 0 heterocycles. The van der Waals surface area contributed by atoms with Crippen LogP contribution in [0.5, 0.6) is 0 Å². The van der Waals surface area contributed by atoms with Crippen LogP contribution in [0.1, 0.15) is 12.5 Å². The van der Waals surface area contributed by atoms with Crippen LogP contribution in [0.3, 0.4) is 0 Å². The minimum atomic E-state index is -3.77. The number of ketones is 1. The summed E-state index contributed by atoms with van der Waals surface area (Å²) in [5.74, 6) is -0.214. The van der Waals surface area contributed by atoms with E-state index in [9.17, 15) is 13.2 Å². The third-order valence-electron chi connectivity index (χ3n) is 2.77. The maximum absolute atomic E-state index is 12.1. The molecular weight excluding hydrogens is 342 g/mol. The number of carbonyl (C=O) groups excluding carboxylic acids is 1. The second-order valence-corrected chi connectivity index (χ2v) is 6.64. The molecule has 0 unspecified atom stereocenters. The van der Waals surface area contributed by atoms with E-state index in [1.165, 1.54) is 30.4 Å². The summed E-state index contributed by atoms with van der Waals surface area (Å²) >= 11 is 3.06. The molecule has 0 spiro atoms. The first kappa shape index (κ1) is 14.9. The summed E-state index contributed by atoms with van der Waals surface area (Å²) in [5, 5.41) is 0. The highest BCUT2D eigenvalue weighted by Gasteiger charge is 2.15. The highest BCUT2D eigenvalue weighted by Crippen LogP contribution is 2.17. The van der Waals surface area contributed by atoms with Crippen LogP contribution in [-0.2, 0) is 21.2 Å². The summed E-state index contributed by atoms with van der Waals surface area (Å²) in [7, 11) is -3.77. The molecule has 0 N–H and O–H groups in total. The topological polar surface area (TPSA) is 63.6 Å². The molecule has 0 saturated heterocycles. The third kappa shape index (κ3) is 3.32. The fourth-order valence-electron chi connectivity index (χ4n) is 1.64. The predicted molar refractivity (Wildman–Crippen MR) is 81.6 cm³/mol. The number of nitrogens with zero attached hydrogens (tertiary/aromatic N) is 1. The quantitative estimate of drug-likeness (QED) is 0.784. The molecule has 0 aliphatic heterocycles. The molecule has 6 heteroatoms. The summed E-state index contributed by atoms with van der Waals surface area (Å²) < 4.78 is 28.3. The minimum absolute atomic E-state index is 0.136. The van der Waals surface area contributed by atoms with E-state index in [2.05, 4.69) is 20.3 Å². The zero-order valence-electron chi connectivity index (χ0n) is 10.7. The summed E-state index contributed by atoms with van der Waals surface area (Å²) in [6, 6.07) is 6.60. The van der Waals surface area contributed by atoms with Gasteiger partial charge in [0.15, 0.2) is 5.78 Å². The highest BCUT2D eigenvalue weighted by atomic mass is 79.9. The van der Waals surface area contributed by atoms with Gasteiger partial charge in [0.25, 0.3) is 10.0 Å². The molecule has 1 aromatic carbocycles. The van der Waals surface area contributed by atoms with Crippen molar-refractivity contribution in [2.45, 2.75) is 18.2 Å². The fourth-order valence-corrected chi connectivity index (χ4v) is 2.98. The maximum Gasteiger partial charge on any atom is 0.282 e. The molecule has 0 saturated carbocycles. The van der Waals surface area contributed by atoms with Gasteiger partial charge in [-0.2, -0.15) is 12.8 Å². The normalized spacial score (nSPS) is 17.4. The van der Waals surface area contributed by atoms with Crippen LogP contribution in [0.25, 0.3) is 0 Å². The zero-order chi connectivity index (χ0) is 14.8. The number of sulfonamides is 1. The van der Waals surface area contributed by atoms with Crippen molar-refractivity contribution in [2.24, 2.45) is 4.40 Å². The molecule has 0 radical (unpaired) electrons. The number of carbonyl (C=O) groups is 1. The van der Waals surface area contributed by atoms with Crippen molar-refractivity contribution >= 4 is 37.4 Å². The van der Waals surface area contributed by atoms with E-state index in [1.54, 1.807) is 12.1 Å². The molecule has 4 nitrogen and oxygen atoms in total. The fraction of sp³-hybridized carbons (Fsp3) is 0.143. The molecule has 0 fully saturated rings. The molecule has 0 atom stereocenters. The Labute approximate surface area is 126 Å². The molecule has 2 rings (SSSR count). The molecule has 0 amide bonds. The lowest BCUT2D eigenvalue weighted by atomic mass is 10.2. The maximum atomic E-state index is 12.1. The molecule has 1 aliphatic carbocycles. The van der Waals surface area contributed by atoms with Gasteiger partial charge in [0.1, 0.15) is 0 Å². The molecule has 104 valence electrons. The van der Waals surface area contributed by atoms with Crippen molar-refractivity contribution in [3.8, 4) is 0 Å². The first-order chi connectivity index (χ1) is 9.42. The van der Waals surface area contributed by atoms with Gasteiger partial charge in [0.05, 0.1) is 15.1 Å². The Hall–Kier alpha value is -1.53. The van der Waals surface area contributed by atoms with E-state index in [4.69, 9.17) is 0 Å². The molecule has 20 heavy (non-hydrogen) atoms. The monoisotopic (exact) mass is 353 g/mol. The Bertz CT molecular complexity index is 728. The van der Waals surface area contributed by atoms with E-state index in [0.29, 0.717) is 0 Å². The van der Waals surface area contributed by atoms with Crippen LogP contribution in [0.15, 0.2) is 56.3 Å². The van der Waals surface area contributed by atoms with Gasteiger partial charge in [-0.1, -0.05) is 19.1 Å². The van der Waals surface area contributed by atoms with E-state index in [-0.39, 0.29) is 20.9 Å².